The number of nitrogens with zero attached hydrogens (tertiary/aromatic N) is 4. The van der Waals surface area contributed by atoms with Crippen LogP contribution in [0.1, 0.15) is 26.9 Å². The molecule has 0 saturated carbocycles. The molecule has 0 atom stereocenters. The van der Waals surface area contributed by atoms with E-state index in [4.69, 9.17) is 4.74 Å². The van der Waals surface area contributed by atoms with E-state index in [2.05, 4.69) is 25.0 Å². The van der Waals surface area contributed by atoms with Crippen molar-refractivity contribution in [1.82, 2.24) is 19.4 Å². The average molecular weight is 549 g/mol. The molecule has 0 aliphatic heterocycles. The van der Waals surface area contributed by atoms with Gasteiger partial charge in [0.15, 0.2) is 4.96 Å². The second-order valence-electron chi connectivity index (χ2n) is 8.55. The molecule has 1 amide bonds. The number of rotatable bonds is 7. The summed E-state index contributed by atoms with van der Waals surface area (Å²) in [4.78, 5) is 27.2. The molecule has 0 bridgehead atoms. The summed E-state index contributed by atoms with van der Waals surface area (Å²) in [6.45, 7) is 5.31. The molecule has 5 aromatic rings. The van der Waals surface area contributed by atoms with Gasteiger partial charge in [-0.3, -0.25) is 13.9 Å². The maximum Gasteiger partial charge on any atom is 0.267 e. The summed E-state index contributed by atoms with van der Waals surface area (Å²) in [5, 5.41) is 2.83. The number of benzene rings is 2. The molecule has 0 saturated heterocycles. The third-order valence-corrected chi connectivity index (χ3v) is 8.30. The lowest BCUT2D eigenvalue weighted by atomic mass is 10.2. The summed E-state index contributed by atoms with van der Waals surface area (Å²) < 4.78 is 35.1. The third kappa shape index (κ3) is 5.08. The highest BCUT2D eigenvalue weighted by molar-refractivity contribution is 7.92. The van der Waals surface area contributed by atoms with Gasteiger partial charge in [0.25, 0.3) is 15.9 Å². The minimum atomic E-state index is -3.86. The number of aromatic nitrogens is 4. The van der Waals surface area contributed by atoms with Gasteiger partial charge in [-0.15, -0.1) is 0 Å². The zero-order chi connectivity index (χ0) is 27.0. The van der Waals surface area contributed by atoms with E-state index < -0.39 is 10.0 Å². The molecule has 10 nitrogen and oxygen atoms in total. The lowest BCUT2D eigenvalue weighted by Gasteiger charge is -2.10. The Hall–Kier alpha value is -4.29. The SMILES string of the molecule is COc1ccc(-c2cn3c(C)c(C(=O)Nc4ccc(S(=O)(=O)Nc5cc(C)nc(C)n5)cc4)sc3n2)cc1. The number of anilines is 2. The number of hydrogen-bond donors (Lipinski definition) is 2. The second-order valence-corrected chi connectivity index (χ2v) is 11.2. The van der Waals surface area contributed by atoms with Gasteiger partial charge in [-0.1, -0.05) is 11.3 Å². The van der Waals surface area contributed by atoms with Gasteiger partial charge >= 0.3 is 0 Å². The van der Waals surface area contributed by atoms with Crippen LogP contribution < -0.4 is 14.8 Å². The van der Waals surface area contributed by atoms with Crippen molar-refractivity contribution in [3.8, 4) is 17.0 Å². The highest BCUT2D eigenvalue weighted by Crippen LogP contribution is 2.29. The van der Waals surface area contributed by atoms with Crippen molar-refractivity contribution in [3.05, 3.63) is 82.9 Å². The standard InChI is InChI=1S/C26H24N6O4S2/c1-15-13-23(28-17(3)27-15)31-38(34,35)21-11-7-19(8-12-21)29-25(33)24-16(2)32-14-22(30-26(32)37-24)18-5-9-20(36-4)10-6-18/h5-14H,1-4H3,(H,29,33)(H,27,28,31). The van der Waals surface area contributed by atoms with E-state index in [9.17, 15) is 13.2 Å². The van der Waals surface area contributed by atoms with Gasteiger partial charge < -0.3 is 10.1 Å². The highest BCUT2D eigenvalue weighted by Gasteiger charge is 2.20. The molecule has 5 rings (SSSR count). The zero-order valence-electron chi connectivity index (χ0n) is 21.0. The van der Waals surface area contributed by atoms with Crippen LogP contribution in [0.3, 0.4) is 0 Å². The van der Waals surface area contributed by atoms with E-state index in [1.165, 1.54) is 23.5 Å². The summed E-state index contributed by atoms with van der Waals surface area (Å²) in [7, 11) is -2.24. The Morgan fingerprint density at radius 3 is 2.32 bits per heavy atom. The van der Waals surface area contributed by atoms with E-state index in [1.807, 2.05) is 41.8 Å². The van der Waals surface area contributed by atoms with Crippen LogP contribution in [-0.4, -0.2) is 40.8 Å². The van der Waals surface area contributed by atoms with Crippen molar-refractivity contribution in [2.24, 2.45) is 0 Å². The van der Waals surface area contributed by atoms with Gasteiger partial charge in [-0.25, -0.2) is 23.4 Å². The number of amides is 1. The molecule has 3 heterocycles. The first-order chi connectivity index (χ1) is 18.1. The fraction of sp³-hybridized carbons (Fsp3) is 0.154. The minimum absolute atomic E-state index is 0.0428. The number of thiazole rings is 1. The van der Waals surface area contributed by atoms with Crippen LogP contribution in [0.5, 0.6) is 5.75 Å². The second kappa shape index (κ2) is 9.88. The van der Waals surface area contributed by atoms with Crippen LogP contribution in [0.2, 0.25) is 0 Å². The summed E-state index contributed by atoms with van der Waals surface area (Å²) in [5.74, 6) is 1.13. The molecule has 2 N–H and O–H groups in total. The van der Waals surface area contributed by atoms with Crippen LogP contribution in [0.25, 0.3) is 16.2 Å². The van der Waals surface area contributed by atoms with Gasteiger partial charge in [0.2, 0.25) is 0 Å². The Morgan fingerprint density at radius 1 is 0.974 bits per heavy atom. The smallest absolute Gasteiger partial charge is 0.267 e. The fourth-order valence-corrected chi connectivity index (χ4v) is 5.93. The molecular formula is C26H24N6O4S2. The van der Waals surface area contributed by atoms with Crippen LogP contribution in [0.15, 0.2) is 65.7 Å². The number of carbonyl (C=O) groups is 1. The molecule has 0 fully saturated rings. The third-order valence-electron chi connectivity index (χ3n) is 5.78. The molecule has 2 aromatic carbocycles. The molecule has 0 aliphatic rings. The predicted octanol–water partition coefficient (Wildman–Crippen LogP) is 4.84. The summed E-state index contributed by atoms with van der Waals surface area (Å²) in [5.41, 5.74) is 3.62. The van der Waals surface area contributed by atoms with Gasteiger partial charge in [0.1, 0.15) is 22.3 Å². The van der Waals surface area contributed by atoms with Crippen LogP contribution in [0, 0.1) is 20.8 Å². The maximum absolute atomic E-state index is 13.0. The Bertz CT molecular complexity index is 1740. The average Bonchev–Trinajstić information content (AvgIpc) is 3.43. The fourth-order valence-electron chi connectivity index (χ4n) is 3.93. The number of aryl methyl sites for hydroxylation is 3. The van der Waals surface area contributed by atoms with Gasteiger partial charge in [-0.2, -0.15) is 0 Å². The quantitative estimate of drug-likeness (QED) is 0.298. The monoisotopic (exact) mass is 548 g/mol. The van der Waals surface area contributed by atoms with Gasteiger partial charge in [-0.05, 0) is 69.3 Å². The number of hydrogen-bond acceptors (Lipinski definition) is 8. The largest absolute Gasteiger partial charge is 0.497 e. The summed E-state index contributed by atoms with van der Waals surface area (Å²) in [6, 6.07) is 15.1. The van der Waals surface area contributed by atoms with Crippen molar-refractivity contribution >= 4 is 43.7 Å². The van der Waals surface area contributed by atoms with Crippen LogP contribution in [0.4, 0.5) is 11.5 Å². The van der Waals surface area contributed by atoms with Crippen molar-refractivity contribution in [3.63, 3.8) is 0 Å². The lowest BCUT2D eigenvalue weighted by Crippen LogP contribution is -2.15. The Morgan fingerprint density at radius 2 is 1.68 bits per heavy atom. The lowest BCUT2D eigenvalue weighted by molar-refractivity contribution is 0.102. The van der Waals surface area contributed by atoms with E-state index in [0.29, 0.717) is 27.0 Å². The number of carbonyl (C=O) groups excluding carboxylic acids is 1. The minimum Gasteiger partial charge on any atom is -0.497 e. The van der Waals surface area contributed by atoms with Crippen LogP contribution >= 0.6 is 11.3 Å². The number of nitrogens with one attached hydrogen (secondary N) is 2. The van der Waals surface area contributed by atoms with E-state index >= 15 is 0 Å². The number of sulfonamides is 1. The highest BCUT2D eigenvalue weighted by atomic mass is 32.2. The molecule has 12 heteroatoms. The molecular weight excluding hydrogens is 524 g/mol. The number of methoxy groups -OCH3 is 1. The topological polar surface area (TPSA) is 128 Å². The van der Waals surface area contributed by atoms with Gasteiger partial charge in [0, 0.05) is 34.9 Å². The number of ether oxygens (including phenoxy) is 1. The van der Waals surface area contributed by atoms with Gasteiger partial charge in [0.05, 0.1) is 17.7 Å². The predicted molar refractivity (Wildman–Crippen MR) is 147 cm³/mol. The Labute approximate surface area is 223 Å². The molecule has 0 radical (unpaired) electrons. The molecule has 3 aromatic heterocycles. The van der Waals surface area contributed by atoms with Crippen molar-refractivity contribution in [2.45, 2.75) is 25.7 Å². The first kappa shape index (κ1) is 25.4. The van der Waals surface area contributed by atoms with E-state index in [0.717, 1.165) is 22.7 Å². The Kier molecular flexibility index (Phi) is 6.59. The van der Waals surface area contributed by atoms with Crippen LogP contribution in [-0.2, 0) is 10.0 Å². The number of fused-ring (bicyclic) bond motifs is 1. The van der Waals surface area contributed by atoms with E-state index in [1.54, 1.807) is 39.2 Å². The number of imidazole rings is 1. The first-order valence-corrected chi connectivity index (χ1v) is 13.8. The molecule has 38 heavy (non-hydrogen) atoms. The van der Waals surface area contributed by atoms with Crippen molar-refractivity contribution in [1.29, 1.82) is 0 Å². The molecule has 0 unspecified atom stereocenters. The summed E-state index contributed by atoms with van der Waals surface area (Å²) in [6.07, 6.45) is 1.90. The summed E-state index contributed by atoms with van der Waals surface area (Å²) >= 11 is 1.28. The van der Waals surface area contributed by atoms with Crippen molar-refractivity contribution < 1.29 is 17.9 Å². The molecule has 0 spiro atoms. The first-order valence-electron chi connectivity index (χ1n) is 11.5. The molecule has 0 aliphatic carbocycles. The maximum atomic E-state index is 13.0. The molecule has 194 valence electrons. The Balaban J connectivity index is 1.31. The van der Waals surface area contributed by atoms with Crippen molar-refractivity contribution in [2.75, 3.05) is 17.1 Å². The normalized spacial score (nSPS) is 11.5. The zero-order valence-corrected chi connectivity index (χ0v) is 22.6. The van der Waals surface area contributed by atoms with E-state index in [-0.39, 0.29) is 16.6 Å².